The Morgan fingerprint density at radius 3 is 1.90 bits per heavy atom. The summed E-state index contributed by atoms with van der Waals surface area (Å²) in [5.74, 6) is -0.313. The molecule has 0 aromatic heterocycles. The summed E-state index contributed by atoms with van der Waals surface area (Å²) in [6, 6.07) is 9.68. The standard InChI is InChI=1S/C24H41NO9S.HNO3/c1-20(25-19-22(26)34-24(2,3)4)23(21-9-7-6-8-10-21)32-17-15-30-13-11-29-12-14-31-16-18-33-35(5,27)28;2-1(3)4/h6-10,20,23,25H,11-19H2,1-5H3;(H,2,3,4)/t20-,23-;/m0./s1. The summed E-state index contributed by atoms with van der Waals surface area (Å²) in [5.41, 5.74) is 0.474. The molecule has 14 nitrogen and oxygen atoms in total. The number of hydrogen-bond donors (Lipinski definition) is 2. The molecular formula is C24H42N2O12S. The van der Waals surface area contributed by atoms with Gasteiger partial charge in [0.25, 0.3) is 15.2 Å². The number of carbonyl (C=O) groups excluding carboxylic acids is 1. The van der Waals surface area contributed by atoms with E-state index in [4.69, 9.17) is 39.0 Å². The van der Waals surface area contributed by atoms with Crippen molar-refractivity contribution in [3.8, 4) is 0 Å². The highest BCUT2D eigenvalue weighted by atomic mass is 32.2. The minimum absolute atomic E-state index is 0.0128. The summed E-state index contributed by atoms with van der Waals surface area (Å²) < 4.78 is 53.8. The lowest BCUT2D eigenvalue weighted by molar-refractivity contribution is -0.742. The van der Waals surface area contributed by atoms with Gasteiger partial charge in [0.1, 0.15) is 5.60 Å². The molecule has 1 rings (SSSR count). The van der Waals surface area contributed by atoms with Crippen molar-refractivity contribution >= 4 is 16.1 Å². The average molecular weight is 583 g/mol. The predicted molar refractivity (Wildman–Crippen MR) is 140 cm³/mol. The van der Waals surface area contributed by atoms with E-state index in [1.165, 1.54) is 0 Å². The molecule has 0 amide bonds. The van der Waals surface area contributed by atoms with Gasteiger partial charge in [-0.15, -0.1) is 10.1 Å². The van der Waals surface area contributed by atoms with Gasteiger partial charge in [-0.05, 0) is 33.3 Å². The number of nitrogens with zero attached hydrogens (tertiary/aromatic N) is 1. The number of carbonyl (C=O) groups is 1. The van der Waals surface area contributed by atoms with E-state index in [1.807, 2.05) is 58.0 Å². The van der Waals surface area contributed by atoms with Gasteiger partial charge in [0, 0.05) is 6.04 Å². The molecule has 0 bridgehead atoms. The maximum absolute atomic E-state index is 12.0. The number of nitrogens with one attached hydrogen (secondary N) is 1. The van der Waals surface area contributed by atoms with Crippen LogP contribution in [0.1, 0.15) is 39.4 Å². The molecule has 0 aliphatic heterocycles. The Kier molecular flexibility index (Phi) is 19.2. The molecule has 0 aliphatic carbocycles. The first kappa shape index (κ1) is 36.6. The Bertz CT molecular complexity index is 890. The fourth-order valence-corrected chi connectivity index (χ4v) is 3.29. The fourth-order valence-electron chi connectivity index (χ4n) is 2.92. The van der Waals surface area contributed by atoms with E-state index in [9.17, 15) is 13.2 Å². The van der Waals surface area contributed by atoms with Crippen molar-refractivity contribution in [2.75, 3.05) is 65.7 Å². The van der Waals surface area contributed by atoms with Crippen LogP contribution in [0.2, 0.25) is 0 Å². The van der Waals surface area contributed by atoms with Crippen molar-refractivity contribution in [1.82, 2.24) is 5.32 Å². The zero-order valence-electron chi connectivity index (χ0n) is 23.2. The zero-order valence-corrected chi connectivity index (χ0v) is 24.0. The van der Waals surface area contributed by atoms with Gasteiger partial charge < -0.3 is 34.2 Å². The van der Waals surface area contributed by atoms with Crippen molar-refractivity contribution in [1.29, 1.82) is 0 Å². The monoisotopic (exact) mass is 582 g/mol. The van der Waals surface area contributed by atoms with Crippen LogP contribution in [-0.2, 0) is 42.8 Å². The van der Waals surface area contributed by atoms with Gasteiger partial charge in [0.05, 0.1) is 71.8 Å². The third-order valence-corrected chi connectivity index (χ3v) is 4.96. The molecule has 39 heavy (non-hydrogen) atoms. The first-order valence-corrected chi connectivity index (χ1v) is 14.1. The maximum Gasteiger partial charge on any atom is 0.320 e. The molecule has 0 radical (unpaired) electrons. The van der Waals surface area contributed by atoms with Crippen LogP contribution in [-0.4, -0.2) is 102 Å². The summed E-state index contributed by atoms with van der Waals surface area (Å²) in [6.45, 7) is 10.0. The molecule has 1 aromatic carbocycles. The van der Waals surface area contributed by atoms with Gasteiger partial charge in [-0.1, -0.05) is 30.3 Å². The van der Waals surface area contributed by atoms with E-state index in [2.05, 4.69) is 9.50 Å². The molecule has 0 unspecified atom stereocenters. The van der Waals surface area contributed by atoms with Gasteiger partial charge in [-0.2, -0.15) is 8.42 Å². The predicted octanol–water partition coefficient (Wildman–Crippen LogP) is 1.74. The van der Waals surface area contributed by atoms with Gasteiger partial charge >= 0.3 is 5.97 Å². The van der Waals surface area contributed by atoms with Crippen LogP contribution < -0.4 is 5.32 Å². The molecule has 2 atom stereocenters. The third-order valence-electron chi connectivity index (χ3n) is 4.36. The average Bonchev–Trinajstić information content (AvgIpc) is 2.81. The largest absolute Gasteiger partial charge is 0.459 e. The summed E-state index contributed by atoms with van der Waals surface area (Å²) in [6.07, 6.45) is 0.731. The fraction of sp³-hybridized carbons (Fsp3) is 0.708. The van der Waals surface area contributed by atoms with Crippen LogP contribution in [0.25, 0.3) is 0 Å². The molecule has 1 aromatic rings. The highest BCUT2D eigenvalue weighted by Gasteiger charge is 2.22. The van der Waals surface area contributed by atoms with Crippen LogP contribution >= 0.6 is 0 Å². The topological polar surface area (TPSA) is 182 Å². The van der Waals surface area contributed by atoms with Crippen LogP contribution in [0.5, 0.6) is 0 Å². The van der Waals surface area contributed by atoms with Crippen molar-refractivity contribution in [2.24, 2.45) is 0 Å². The molecule has 0 spiro atoms. The quantitative estimate of drug-likeness (QED) is 0.0792. The summed E-state index contributed by atoms with van der Waals surface area (Å²) in [4.78, 5) is 20.4. The van der Waals surface area contributed by atoms with Gasteiger partial charge in [0.15, 0.2) is 0 Å². The molecule has 226 valence electrons. The maximum atomic E-state index is 12.0. The number of benzene rings is 1. The molecule has 0 fully saturated rings. The Balaban J connectivity index is 0.00000336. The number of hydrogen-bond acceptors (Lipinski definition) is 12. The zero-order chi connectivity index (χ0) is 29.7. The Morgan fingerprint density at radius 2 is 1.44 bits per heavy atom. The second kappa shape index (κ2) is 20.5. The van der Waals surface area contributed by atoms with Gasteiger partial charge in [0.2, 0.25) is 0 Å². The van der Waals surface area contributed by atoms with E-state index in [0.717, 1.165) is 11.8 Å². The minimum Gasteiger partial charge on any atom is -0.459 e. The van der Waals surface area contributed by atoms with Crippen LogP contribution in [0.4, 0.5) is 0 Å². The number of ether oxygens (including phenoxy) is 5. The van der Waals surface area contributed by atoms with Crippen molar-refractivity contribution in [3.63, 3.8) is 0 Å². The lowest BCUT2D eigenvalue weighted by Crippen LogP contribution is -2.39. The van der Waals surface area contributed by atoms with E-state index < -0.39 is 20.8 Å². The highest BCUT2D eigenvalue weighted by molar-refractivity contribution is 7.85. The molecule has 0 saturated carbocycles. The summed E-state index contributed by atoms with van der Waals surface area (Å²) in [7, 11) is -3.44. The first-order valence-electron chi connectivity index (χ1n) is 12.2. The van der Waals surface area contributed by atoms with E-state index >= 15 is 0 Å². The summed E-state index contributed by atoms with van der Waals surface area (Å²) >= 11 is 0. The molecular weight excluding hydrogens is 540 g/mol. The van der Waals surface area contributed by atoms with Crippen LogP contribution in [0, 0.1) is 10.1 Å². The first-order chi connectivity index (χ1) is 18.2. The smallest absolute Gasteiger partial charge is 0.320 e. The number of rotatable bonds is 19. The van der Waals surface area contributed by atoms with Gasteiger partial charge in [-0.3, -0.25) is 8.98 Å². The molecule has 15 heteroatoms. The SMILES string of the molecule is C[C@H](NCC(=O)OC(C)(C)C)[C@H](OCCOCCOCCOCCOS(C)(=O)=O)c1ccccc1.O=[N+]([O-])O. The number of esters is 1. The van der Waals surface area contributed by atoms with E-state index in [1.54, 1.807) is 0 Å². The second-order valence-corrected chi connectivity index (χ2v) is 10.7. The third kappa shape index (κ3) is 24.4. The lowest BCUT2D eigenvalue weighted by atomic mass is 10.0. The summed E-state index contributed by atoms with van der Waals surface area (Å²) in [5, 5.41) is 16.8. The normalized spacial score (nSPS) is 13.2. The van der Waals surface area contributed by atoms with Crippen molar-refractivity contribution in [2.45, 2.75) is 45.4 Å². The van der Waals surface area contributed by atoms with Crippen molar-refractivity contribution < 1.29 is 51.4 Å². The molecule has 0 aliphatic rings. The molecule has 2 N–H and O–H groups in total. The highest BCUT2D eigenvalue weighted by Crippen LogP contribution is 2.21. The minimum atomic E-state index is -3.44. The van der Waals surface area contributed by atoms with Gasteiger partial charge in [-0.25, -0.2) is 0 Å². The lowest BCUT2D eigenvalue weighted by Gasteiger charge is -2.26. The Hall–Kier alpha value is -2.40. The van der Waals surface area contributed by atoms with E-state index in [-0.39, 0.29) is 37.9 Å². The van der Waals surface area contributed by atoms with Crippen LogP contribution in [0.3, 0.4) is 0 Å². The molecule has 0 heterocycles. The Morgan fingerprint density at radius 1 is 0.974 bits per heavy atom. The Labute approximate surface area is 230 Å². The van der Waals surface area contributed by atoms with Crippen molar-refractivity contribution in [3.05, 3.63) is 46.0 Å². The van der Waals surface area contributed by atoms with E-state index in [0.29, 0.717) is 39.6 Å². The van der Waals surface area contributed by atoms with Crippen LogP contribution in [0.15, 0.2) is 30.3 Å². The molecule has 0 saturated heterocycles. The second-order valence-electron chi connectivity index (χ2n) is 9.06.